The molecule has 0 bridgehead atoms. The van der Waals surface area contributed by atoms with Gasteiger partial charge in [-0.15, -0.1) is 0 Å². The van der Waals surface area contributed by atoms with E-state index in [9.17, 15) is 9.59 Å². The maximum atomic E-state index is 13.1. The summed E-state index contributed by atoms with van der Waals surface area (Å²) in [6, 6.07) is 10.5. The van der Waals surface area contributed by atoms with Gasteiger partial charge in [-0.1, -0.05) is 19.9 Å². The zero-order valence-corrected chi connectivity index (χ0v) is 19.0. The summed E-state index contributed by atoms with van der Waals surface area (Å²) in [6.45, 7) is 7.92. The van der Waals surface area contributed by atoms with E-state index in [0.717, 1.165) is 25.2 Å². The summed E-state index contributed by atoms with van der Waals surface area (Å²) in [4.78, 5) is 31.0. The summed E-state index contributed by atoms with van der Waals surface area (Å²) in [5.41, 5.74) is 1.68. The van der Waals surface area contributed by atoms with Gasteiger partial charge in [0.05, 0.1) is 17.4 Å². The number of aromatic nitrogens is 2. The third kappa shape index (κ3) is 4.53. The van der Waals surface area contributed by atoms with Gasteiger partial charge in [0.1, 0.15) is 0 Å². The van der Waals surface area contributed by atoms with Gasteiger partial charge in [-0.3, -0.25) is 14.2 Å². The number of carbonyl (C=O) groups excluding carboxylic acids is 1. The molecular formula is C23H26N4O4S. The molecule has 2 aromatic carbocycles. The second-order valence-electron chi connectivity index (χ2n) is 7.55. The Labute approximate surface area is 190 Å². The molecule has 168 valence electrons. The Hall–Kier alpha value is -3.17. The van der Waals surface area contributed by atoms with E-state index < -0.39 is 0 Å². The third-order valence-electron chi connectivity index (χ3n) is 5.63. The normalized spacial score (nSPS) is 12.5. The van der Waals surface area contributed by atoms with Gasteiger partial charge in [0, 0.05) is 18.7 Å². The predicted octanol–water partition coefficient (Wildman–Crippen LogP) is 2.91. The number of benzene rings is 2. The highest BCUT2D eigenvalue weighted by Crippen LogP contribution is 2.32. The highest BCUT2D eigenvalue weighted by molar-refractivity contribution is 7.71. The fourth-order valence-corrected chi connectivity index (χ4v) is 3.99. The highest BCUT2D eigenvalue weighted by atomic mass is 32.1. The van der Waals surface area contributed by atoms with Crippen LogP contribution in [0.25, 0.3) is 10.9 Å². The molecule has 2 heterocycles. The van der Waals surface area contributed by atoms with Crippen LogP contribution >= 0.6 is 12.2 Å². The average Bonchev–Trinajstić information content (AvgIpc) is 3.27. The zero-order chi connectivity index (χ0) is 22.7. The lowest BCUT2D eigenvalue weighted by atomic mass is 10.1. The molecule has 0 radical (unpaired) electrons. The van der Waals surface area contributed by atoms with Crippen molar-refractivity contribution < 1.29 is 14.3 Å². The molecule has 8 nitrogen and oxygen atoms in total. The maximum absolute atomic E-state index is 13.1. The summed E-state index contributed by atoms with van der Waals surface area (Å²) in [7, 11) is 0. The number of nitrogens with one attached hydrogen (secondary N) is 2. The minimum Gasteiger partial charge on any atom is -0.454 e. The van der Waals surface area contributed by atoms with Crippen LogP contribution in [0, 0.1) is 4.77 Å². The number of ether oxygens (including phenoxy) is 2. The number of hydrogen-bond donors (Lipinski definition) is 2. The molecule has 1 aliphatic rings. The lowest BCUT2D eigenvalue weighted by Crippen LogP contribution is -2.34. The van der Waals surface area contributed by atoms with Gasteiger partial charge < -0.3 is 24.7 Å². The van der Waals surface area contributed by atoms with Crippen LogP contribution in [0.5, 0.6) is 11.5 Å². The topological polar surface area (TPSA) is 88.6 Å². The third-order valence-corrected chi connectivity index (χ3v) is 5.95. The molecule has 0 fully saturated rings. The molecule has 1 amide bonds. The summed E-state index contributed by atoms with van der Waals surface area (Å²) >= 11 is 5.45. The largest absolute Gasteiger partial charge is 0.454 e. The van der Waals surface area contributed by atoms with E-state index in [-0.39, 0.29) is 18.3 Å². The molecule has 1 aliphatic heterocycles. The van der Waals surface area contributed by atoms with Gasteiger partial charge in [-0.25, -0.2) is 0 Å². The van der Waals surface area contributed by atoms with Crippen molar-refractivity contribution in [3.05, 3.63) is 62.6 Å². The number of amides is 1. The first-order valence-corrected chi connectivity index (χ1v) is 11.1. The minimum atomic E-state index is -0.213. The predicted molar refractivity (Wildman–Crippen MR) is 125 cm³/mol. The van der Waals surface area contributed by atoms with Gasteiger partial charge >= 0.3 is 0 Å². The molecule has 0 saturated heterocycles. The number of hydrogen-bond acceptors (Lipinski definition) is 6. The van der Waals surface area contributed by atoms with Crippen LogP contribution in [0.15, 0.2) is 41.2 Å². The molecule has 0 spiro atoms. The summed E-state index contributed by atoms with van der Waals surface area (Å²) in [5.74, 6) is 1.17. The zero-order valence-electron chi connectivity index (χ0n) is 18.1. The molecule has 1 aromatic heterocycles. The van der Waals surface area contributed by atoms with E-state index in [1.54, 1.807) is 18.2 Å². The van der Waals surface area contributed by atoms with Crippen molar-refractivity contribution in [2.45, 2.75) is 20.4 Å². The fraction of sp³-hybridized carbons (Fsp3) is 0.348. The lowest BCUT2D eigenvalue weighted by Gasteiger charge is -2.18. The van der Waals surface area contributed by atoms with Crippen LogP contribution in [0.3, 0.4) is 0 Å². The van der Waals surface area contributed by atoms with Crippen LogP contribution in [-0.2, 0) is 6.54 Å². The van der Waals surface area contributed by atoms with Crippen molar-refractivity contribution in [2.75, 3.05) is 33.0 Å². The van der Waals surface area contributed by atoms with Gasteiger partial charge in [0.25, 0.3) is 11.5 Å². The highest BCUT2D eigenvalue weighted by Gasteiger charge is 2.15. The van der Waals surface area contributed by atoms with E-state index in [1.807, 2.05) is 18.2 Å². The second kappa shape index (κ2) is 9.54. The molecule has 3 aromatic rings. The van der Waals surface area contributed by atoms with Gasteiger partial charge in [-0.05, 0) is 61.2 Å². The van der Waals surface area contributed by atoms with Crippen LogP contribution in [0.4, 0.5) is 0 Å². The molecule has 32 heavy (non-hydrogen) atoms. The van der Waals surface area contributed by atoms with E-state index in [4.69, 9.17) is 21.7 Å². The summed E-state index contributed by atoms with van der Waals surface area (Å²) < 4.78 is 12.5. The van der Waals surface area contributed by atoms with Crippen molar-refractivity contribution in [1.82, 2.24) is 19.8 Å². The number of rotatable bonds is 8. The van der Waals surface area contributed by atoms with Gasteiger partial charge in [0.15, 0.2) is 16.3 Å². The van der Waals surface area contributed by atoms with E-state index >= 15 is 0 Å². The average molecular weight is 455 g/mol. The summed E-state index contributed by atoms with van der Waals surface area (Å²) in [5, 5.41) is 3.40. The second-order valence-corrected chi connectivity index (χ2v) is 7.94. The first-order valence-electron chi connectivity index (χ1n) is 10.7. The van der Waals surface area contributed by atoms with E-state index in [0.29, 0.717) is 45.8 Å². The Kier molecular flexibility index (Phi) is 6.57. The van der Waals surface area contributed by atoms with Crippen molar-refractivity contribution in [1.29, 1.82) is 0 Å². The molecular weight excluding hydrogens is 428 g/mol. The van der Waals surface area contributed by atoms with E-state index in [1.165, 1.54) is 4.57 Å². The van der Waals surface area contributed by atoms with Crippen LogP contribution in [-0.4, -0.2) is 53.3 Å². The summed E-state index contributed by atoms with van der Waals surface area (Å²) in [6.07, 6.45) is 0. The Balaban J connectivity index is 1.55. The van der Waals surface area contributed by atoms with Crippen LogP contribution in [0.1, 0.15) is 29.8 Å². The van der Waals surface area contributed by atoms with Crippen molar-refractivity contribution >= 4 is 29.0 Å². The standard InChI is InChI=1S/C23H26N4O4S/c1-3-26(4-2)10-9-24-21(28)16-6-7-17-18(12-16)25-23(32)27(22(17)29)13-15-5-8-19-20(11-15)31-14-30-19/h5-8,11-12H,3-4,9-10,13-14H2,1-2H3,(H,24,28)(H,25,32). The fourth-order valence-electron chi connectivity index (χ4n) is 3.73. The smallest absolute Gasteiger partial charge is 0.262 e. The SMILES string of the molecule is CCN(CC)CCNC(=O)c1ccc2c(=O)n(Cc3ccc4c(c3)OCO4)c(=S)[nH]c2c1. The Morgan fingerprint density at radius 3 is 2.72 bits per heavy atom. The number of carbonyl (C=O) groups is 1. The first kappa shape index (κ1) is 22.0. The molecule has 4 rings (SSSR count). The number of aromatic amines is 1. The number of fused-ring (bicyclic) bond motifs is 2. The molecule has 2 N–H and O–H groups in total. The van der Waals surface area contributed by atoms with E-state index in [2.05, 4.69) is 29.0 Å². The molecule has 0 aliphatic carbocycles. The first-order chi connectivity index (χ1) is 15.5. The van der Waals surface area contributed by atoms with Crippen LogP contribution in [0.2, 0.25) is 0 Å². The quantitative estimate of drug-likeness (QED) is 0.509. The number of nitrogens with zero attached hydrogens (tertiary/aromatic N) is 2. The van der Waals surface area contributed by atoms with Gasteiger partial charge in [-0.2, -0.15) is 0 Å². The Morgan fingerprint density at radius 1 is 1.16 bits per heavy atom. The van der Waals surface area contributed by atoms with Crippen molar-refractivity contribution in [2.24, 2.45) is 0 Å². The minimum absolute atomic E-state index is 0.178. The number of H-pyrrole nitrogens is 1. The molecule has 0 atom stereocenters. The van der Waals surface area contributed by atoms with Gasteiger partial charge in [0.2, 0.25) is 6.79 Å². The molecule has 0 saturated carbocycles. The monoisotopic (exact) mass is 454 g/mol. The Morgan fingerprint density at radius 2 is 1.94 bits per heavy atom. The molecule has 0 unspecified atom stereocenters. The maximum Gasteiger partial charge on any atom is 0.262 e. The lowest BCUT2D eigenvalue weighted by molar-refractivity contribution is 0.0949. The number of likely N-dealkylation sites (N-methyl/N-ethyl adjacent to an activating group) is 1. The van der Waals surface area contributed by atoms with Crippen LogP contribution < -0.4 is 20.3 Å². The molecule has 9 heteroatoms. The van der Waals surface area contributed by atoms with Crippen molar-refractivity contribution in [3.8, 4) is 11.5 Å². The van der Waals surface area contributed by atoms with Crippen molar-refractivity contribution in [3.63, 3.8) is 0 Å². The Bertz CT molecular complexity index is 1260.